The largest absolute Gasteiger partial charge is 0.480 e. The maximum Gasteiger partial charge on any atom is 0.326 e. The van der Waals surface area contributed by atoms with E-state index >= 15 is 14.4 Å². The summed E-state index contributed by atoms with van der Waals surface area (Å²) in [6, 6.07) is -6.54. The second kappa shape index (κ2) is 38.5. The zero-order chi connectivity index (χ0) is 70.3. The summed E-state index contributed by atoms with van der Waals surface area (Å²) in [4.78, 5) is 153. The highest BCUT2D eigenvalue weighted by Gasteiger charge is 2.52. The van der Waals surface area contributed by atoms with Crippen LogP contribution in [0.15, 0.2) is 30.3 Å². The molecule has 0 radical (unpaired) electrons. The lowest BCUT2D eigenvalue weighted by Gasteiger charge is -2.47. The molecule has 19 N–H and O–H groups in total. The normalized spacial score (nSPS) is 24.9. The lowest BCUT2D eigenvalue weighted by molar-refractivity contribution is -0.344. The van der Waals surface area contributed by atoms with Crippen LogP contribution >= 0.6 is 0 Å². The highest BCUT2D eigenvalue weighted by Crippen LogP contribution is 2.30. The van der Waals surface area contributed by atoms with Gasteiger partial charge in [0, 0.05) is 13.3 Å². The second-order valence-corrected chi connectivity index (χ2v) is 24.1. The number of aliphatic hydroxyl groups excluding tert-OH is 6. The summed E-state index contributed by atoms with van der Waals surface area (Å²) in [5.74, 6) is -12.3. The Balaban J connectivity index is 2.18. The van der Waals surface area contributed by atoms with Crippen molar-refractivity contribution in [2.24, 2.45) is 29.2 Å². The molecule has 0 aromatic heterocycles. The van der Waals surface area contributed by atoms with Crippen molar-refractivity contribution in [1.82, 2.24) is 47.4 Å². The monoisotopic (exact) mass is 1330 g/mol. The molecule has 0 spiro atoms. The molecule has 21 atom stereocenters. The van der Waals surface area contributed by atoms with Crippen LogP contribution in [-0.2, 0) is 78.1 Å². The number of ether oxygens (including phenoxy) is 4. The van der Waals surface area contributed by atoms with Crippen molar-refractivity contribution in [3.8, 4) is 0 Å². The Kier molecular flexibility index (Phi) is 33.2. The van der Waals surface area contributed by atoms with Gasteiger partial charge in [-0.3, -0.25) is 52.8 Å². The fourth-order valence-electron chi connectivity index (χ4n) is 10.1. The van der Waals surface area contributed by atoms with E-state index in [2.05, 4.69) is 42.5 Å². The minimum atomic E-state index is -2.06. The van der Waals surface area contributed by atoms with Gasteiger partial charge in [0.15, 0.2) is 12.6 Å². The molecule has 526 valence electrons. The van der Waals surface area contributed by atoms with Crippen molar-refractivity contribution < 1.29 is 107 Å². The molecule has 33 nitrogen and oxygen atoms in total. The Morgan fingerprint density at radius 2 is 1.12 bits per heavy atom. The standard InChI is InChI=1S/C60H99N11O22/c1-12-28(5)42(70-56(86)43(29(6)13-2)69-50(80)30(7)62)55(85)65-33(10)57(87)71(41(75)26-90-59-44(66-34(11)74)49(46(77)40(25-73)91-59)93-60-48(79)47(78)45(76)39(24-72)92-60)38(20-17-21-61)54(84)67-36(23-35-18-15-14-16-19-35)53(83)64-31(8)51(81)63-32(9)52(82)68-37(58(88)89)22-27(3)4/h14-16,18-19,27-33,36-40,42-49,59-60,72-73,76-79H,12-13,17,20-26,61-62H2,1-11H3,(H,63,81)(H,64,83)(H,65,85)(H,66,74)(H,67,84)(H,68,82)(H,69,80)(H,70,86)(H,88,89)/t28-,29-,30-,31-,32-,33-,36-,37-,38-,39+,40+,42-,43-,44+,45-,46-,47-,48+,49+,59-,60-/m0/s1. The molecule has 0 saturated carbocycles. The number of carbonyl (C=O) groups is 11. The molecule has 1 aromatic rings. The number of aliphatic hydroxyl groups is 6. The van der Waals surface area contributed by atoms with Gasteiger partial charge in [0.05, 0.1) is 19.3 Å². The summed E-state index contributed by atoms with van der Waals surface area (Å²) in [6.07, 6.45) is -16.9. The van der Waals surface area contributed by atoms with Crippen LogP contribution in [0, 0.1) is 17.8 Å². The molecule has 10 amide bonds. The quantitative estimate of drug-likeness (QED) is 0.0298. The van der Waals surface area contributed by atoms with Crippen LogP contribution in [0.5, 0.6) is 0 Å². The van der Waals surface area contributed by atoms with Gasteiger partial charge >= 0.3 is 5.97 Å². The number of hydrogen-bond acceptors (Lipinski definition) is 23. The predicted molar refractivity (Wildman–Crippen MR) is 328 cm³/mol. The Morgan fingerprint density at radius 1 is 0.613 bits per heavy atom. The Hall–Kier alpha value is -6.89. The number of imide groups is 1. The number of aliphatic carboxylic acids is 1. The van der Waals surface area contributed by atoms with Crippen molar-refractivity contribution in [2.45, 2.75) is 230 Å². The topological polar surface area (TPSA) is 518 Å². The summed E-state index contributed by atoms with van der Waals surface area (Å²) in [5.41, 5.74) is 12.2. The SMILES string of the molecule is CC[C@H](C)[C@H](NC(=O)[C@H](C)N)C(=O)N[C@H](C(=O)N[C@@H](C)C(=O)N(C(=O)CO[C@H]1O[C@H](CO)[C@H](O)[C@H](O[C@@H]2O[C@H](CO)[C@H](O)[C@H](O)[C@H]2O)[C@H]1NC(C)=O)[C@@H](CCCN)C(=O)N[C@@H](Cc1ccccc1)C(=O)N[C@@H](C)C(=O)N[C@@H](C)C(=O)N[C@@H](CC(C)C)C(=O)O)[C@@H](C)CC. The van der Waals surface area contributed by atoms with Crippen molar-refractivity contribution >= 4 is 65.0 Å². The number of hydrogen-bond donors (Lipinski definition) is 17. The summed E-state index contributed by atoms with van der Waals surface area (Å²) < 4.78 is 23.2. The van der Waals surface area contributed by atoms with Gasteiger partial charge < -0.3 is 109 Å². The number of nitrogens with one attached hydrogen (secondary N) is 8. The van der Waals surface area contributed by atoms with E-state index in [0.29, 0.717) is 16.9 Å². The van der Waals surface area contributed by atoms with E-state index in [1.807, 2.05) is 0 Å². The van der Waals surface area contributed by atoms with Crippen LogP contribution in [-0.4, -0.2) is 248 Å². The number of carbonyl (C=O) groups excluding carboxylic acids is 10. The molecule has 2 aliphatic heterocycles. The molecule has 0 aliphatic carbocycles. The van der Waals surface area contributed by atoms with Crippen molar-refractivity contribution in [1.29, 1.82) is 0 Å². The number of nitrogens with zero attached hydrogens (tertiary/aromatic N) is 1. The van der Waals surface area contributed by atoms with Crippen LogP contribution in [0.2, 0.25) is 0 Å². The summed E-state index contributed by atoms with van der Waals surface area (Å²) in [6.45, 7) is 13.1. The van der Waals surface area contributed by atoms with E-state index < -0.39 is 219 Å². The molecule has 1 aromatic carbocycles. The van der Waals surface area contributed by atoms with Gasteiger partial charge in [0.25, 0.3) is 11.8 Å². The van der Waals surface area contributed by atoms with Crippen LogP contribution in [0.25, 0.3) is 0 Å². The number of rotatable bonds is 36. The highest BCUT2D eigenvalue weighted by molar-refractivity contribution is 6.05. The first kappa shape index (κ1) is 80.3. The van der Waals surface area contributed by atoms with Gasteiger partial charge in [-0.15, -0.1) is 0 Å². The summed E-state index contributed by atoms with van der Waals surface area (Å²) in [5, 5.41) is 93.4. The lowest BCUT2D eigenvalue weighted by Crippen LogP contribution is -2.68. The molecule has 3 rings (SSSR count). The third kappa shape index (κ3) is 23.5. The third-order valence-electron chi connectivity index (χ3n) is 16.0. The van der Waals surface area contributed by atoms with Crippen molar-refractivity contribution in [2.75, 3.05) is 26.4 Å². The molecular weight excluding hydrogens is 1230 g/mol. The van der Waals surface area contributed by atoms with Crippen LogP contribution in [0.3, 0.4) is 0 Å². The lowest BCUT2D eigenvalue weighted by atomic mass is 9.94. The Bertz CT molecular complexity index is 2660. The van der Waals surface area contributed by atoms with Crippen LogP contribution < -0.4 is 54.0 Å². The predicted octanol–water partition coefficient (Wildman–Crippen LogP) is -5.50. The fourth-order valence-corrected chi connectivity index (χ4v) is 10.1. The number of carboxylic acid groups (broad SMARTS) is 1. The maximum absolute atomic E-state index is 15.3. The zero-order valence-electron chi connectivity index (χ0n) is 54.5. The Morgan fingerprint density at radius 3 is 1.63 bits per heavy atom. The number of amides is 10. The second-order valence-electron chi connectivity index (χ2n) is 24.1. The van der Waals surface area contributed by atoms with E-state index in [9.17, 15) is 74.1 Å². The van der Waals surface area contributed by atoms with E-state index in [1.165, 1.54) is 20.8 Å². The zero-order valence-corrected chi connectivity index (χ0v) is 54.5. The maximum atomic E-state index is 15.3. The number of carboxylic acids is 1. The molecule has 0 bridgehead atoms. The van der Waals surface area contributed by atoms with Gasteiger partial charge in [-0.2, -0.15) is 0 Å². The van der Waals surface area contributed by atoms with E-state index in [1.54, 1.807) is 71.9 Å². The fraction of sp³-hybridized carbons (Fsp3) is 0.717. The van der Waals surface area contributed by atoms with E-state index in [-0.39, 0.29) is 38.1 Å². The molecule has 93 heavy (non-hydrogen) atoms. The van der Waals surface area contributed by atoms with Crippen molar-refractivity contribution in [3.63, 3.8) is 0 Å². The molecular formula is C60H99N11O22. The number of benzene rings is 1. The smallest absolute Gasteiger partial charge is 0.326 e. The molecule has 2 fully saturated rings. The molecule has 2 heterocycles. The minimum Gasteiger partial charge on any atom is -0.480 e. The number of nitrogens with two attached hydrogens (primary N) is 2. The van der Waals surface area contributed by atoms with Crippen LogP contribution in [0.1, 0.15) is 114 Å². The van der Waals surface area contributed by atoms with E-state index in [0.717, 1.165) is 13.8 Å². The average molecular weight is 1330 g/mol. The molecule has 2 saturated heterocycles. The summed E-state index contributed by atoms with van der Waals surface area (Å²) >= 11 is 0. The van der Waals surface area contributed by atoms with E-state index in [4.69, 9.17) is 30.4 Å². The highest BCUT2D eigenvalue weighted by atomic mass is 16.7. The van der Waals surface area contributed by atoms with Crippen LogP contribution in [0.4, 0.5) is 0 Å². The van der Waals surface area contributed by atoms with Gasteiger partial charge in [0.1, 0.15) is 104 Å². The average Bonchev–Trinajstić information content (AvgIpc) is 0.803. The first-order valence-corrected chi connectivity index (χ1v) is 31.2. The molecule has 33 heteroatoms. The van der Waals surface area contributed by atoms with Gasteiger partial charge in [-0.25, -0.2) is 4.79 Å². The van der Waals surface area contributed by atoms with Crippen molar-refractivity contribution in [3.05, 3.63) is 35.9 Å². The molecule has 2 aliphatic rings. The van der Waals surface area contributed by atoms with Gasteiger partial charge in [-0.05, 0) is 76.8 Å². The Labute approximate surface area is 540 Å². The first-order chi connectivity index (χ1) is 43.7. The van der Waals surface area contributed by atoms with Gasteiger partial charge in [-0.1, -0.05) is 84.7 Å². The van der Waals surface area contributed by atoms with Gasteiger partial charge in [0.2, 0.25) is 47.3 Å². The third-order valence-corrected chi connectivity index (χ3v) is 16.0. The first-order valence-electron chi connectivity index (χ1n) is 31.2. The molecule has 0 unspecified atom stereocenters. The summed E-state index contributed by atoms with van der Waals surface area (Å²) in [7, 11) is 0. The minimum absolute atomic E-state index is 0.0843.